The molecule has 7 nitrogen and oxygen atoms in total. The molecule has 10 heteroatoms. The number of aromatic nitrogens is 1. The Kier molecular flexibility index (Phi) is 6.61. The van der Waals surface area contributed by atoms with E-state index in [0.29, 0.717) is 13.2 Å². The van der Waals surface area contributed by atoms with Gasteiger partial charge in [-0.1, -0.05) is 46.7 Å². The van der Waals surface area contributed by atoms with E-state index in [4.69, 9.17) is 4.74 Å². The molecule has 0 spiro atoms. The van der Waals surface area contributed by atoms with E-state index < -0.39 is 19.7 Å². The molecular formula is C20H22N2O5S3. The Morgan fingerprint density at radius 2 is 1.37 bits per heavy atom. The molecule has 160 valence electrons. The Morgan fingerprint density at radius 1 is 0.867 bits per heavy atom. The van der Waals surface area contributed by atoms with Crippen molar-refractivity contribution in [3.05, 3.63) is 59.7 Å². The maximum absolute atomic E-state index is 13.2. The number of benzene rings is 2. The van der Waals surface area contributed by atoms with Gasteiger partial charge in [-0.15, -0.1) is 0 Å². The standard InChI is InChI=1S/C20H22N2O5S3/c1-14-4-8-16(9-5-14)29(23,24)19-18(21-12-13-27-3)28-20(22-19)30(25,26)17-10-6-15(2)7-11-17/h4-11,21H,12-13H2,1-3H3. The van der Waals surface area contributed by atoms with Gasteiger partial charge in [0.25, 0.3) is 0 Å². The number of nitrogens with one attached hydrogen (secondary N) is 1. The minimum atomic E-state index is -4.02. The first kappa shape index (κ1) is 22.4. The van der Waals surface area contributed by atoms with Crippen molar-refractivity contribution in [2.24, 2.45) is 0 Å². The maximum Gasteiger partial charge on any atom is 0.233 e. The molecule has 0 aliphatic carbocycles. The lowest BCUT2D eigenvalue weighted by Crippen LogP contribution is -2.11. The van der Waals surface area contributed by atoms with Crippen molar-refractivity contribution in [1.82, 2.24) is 4.98 Å². The summed E-state index contributed by atoms with van der Waals surface area (Å²) in [6, 6.07) is 12.7. The van der Waals surface area contributed by atoms with Crippen molar-refractivity contribution in [1.29, 1.82) is 0 Å². The van der Waals surface area contributed by atoms with Gasteiger partial charge in [0.2, 0.25) is 24.0 Å². The van der Waals surface area contributed by atoms with Crippen LogP contribution in [0.5, 0.6) is 0 Å². The predicted octanol–water partition coefficient (Wildman–Crippen LogP) is 3.48. The summed E-state index contributed by atoms with van der Waals surface area (Å²) in [5, 5.41) is 2.80. The average Bonchev–Trinajstić information content (AvgIpc) is 3.15. The van der Waals surface area contributed by atoms with E-state index in [0.717, 1.165) is 22.5 Å². The highest BCUT2D eigenvalue weighted by atomic mass is 32.2. The SMILES string of the molecule is COCCNc1sc(S(=O)(=O)c2ccc(C)cc2)nc1S(=O)(=O)c1ccc(C)cc1. The second-order valence-electron chi connectivity index (χ2n) is 6.67. The maximum atomic E-state index is 13.2. The van der Waals surface area contributed by atoms with Crippen LogP contribution in [0.25, 0.3) is 0 Å². The molecule has 30 heavy (non-hydrogen) atoms. The zero-order chi connectivity index (χ0) is 21.9. The van der Waals surface area contributed by atoms with Gasteiger partial charge in [-0.3, -0.25) is 0 Å². The van der Waals surface area contributed by atoms with Crippen LogP contribution in [-0.4, -0.2) is 42.1 Å². The molecule has 0 aliphatic heterocycles. The van der Waals surface area contributed by atoms with Crippen LogP contribution in [0.15, 0.2) is 67.7 Å². The lowest BCUT2D eigenvalue weighted by Gasteiger charge is -2.07. The van der Waals surface area contributed by atoms with Gasteiger partial charge in [-0.05, 0) is 38.1 Å². The Balaban J connectivity index is 2.11. The van der Waals surface area contributed by atoms with Gasteiger partial charge in [0.05, 0.1) is 16.4 Å². The number of hydrogen-bond acceptors (Lipinski definition) is 8. The quantitative estimate of drug-likeness (QED) is 0.507. The van der Waals surface area contributed by atoms with Crippen LogP contribution < -0.4 is 5.32 Å². The average molecular weight is 467 g/mol. The Hall–Kier alpha value is -2.27. The van der Waals surface area contributed by atoms with Crippen molar-refractivity contribution < 1.29 is 21.6 Å². The van der Waals surface area contributed by atoms with Crippen LogP contribution in [-0.2, 0) is 24.4 Å². The molecule has 0 bridgehead atoms. The van der Waals surface area contributed by atoms with Gasteiger partial charge in [0, 0.05) is 13.7 Å². The zero-order valence-electron chi connectivity index (χ0n) is 16.7. The largest absolute Gasteiger partial charge is 0.383 e. The highest BCUT2D eigenvalue weighted by molar-refractivity contribution is 7.94. The number of ether oxygens (including phenoxy) is 1. The lowest BCUT2D eigenvalue weighted by molar-refractivity contribution is 0.211. The van der Waals surface area contributed by atoms with Crippen LogP contribution in [0.4, 0.5) is 5.00 Å². The van der Waals surface area contributed by atoms with Crippen molar-refractivity contribution in [3.8, 4) is 0 Å². The van der Waals surface area contributed by atoms with Gasteiger partial charge >= 0.3 is 0 Å². The molecule has 0 saturated carbocycles. The normalized spacial score (nSPS) is 12.1. The van der Waals surface area contributed by atoms with Gasteiger partial charge < -0.3 is 10.1 Å². The van der Waals surface area contributed by atoms with E-state index in [1.807, 2.05) is 13.8 Å². The Labute approximate surface area is 180 Å². The van der Waals surface area contributed by atoms with E-state index in [2.05, 4.69) is 10.3 Å². The van der Waals surface area contributed by atoms with Crippen LogP contribution in [0.2, 0.25) is 0 Å². The second-order valence-corrected chi connectivity index (χ2v) is 11.7. The van der Waals surface area contributed by atoms with Crippen LogP contribution >= 0.6 is 11.3 Å². The van der Waals surface area contributed by atoms with E-state index in [1.165, 1.54) is 31.4 Å². The van der Waals surface area contributed by atoms with E-state index >= 15 is 0 Å². The molecule has 0 aliphatic rings. The summed E-state index contributed by atoms with van der Waals surface area (Å²) in [5.74, 6) is 0. The summed E-state index contributed by atoms with van der Waals surface area (Å²) in [6.07, 6.45) is 0. The van der Waals surface area contributed by atoms with Gasteiger partial charge in [0.15, 0.2) is 5.03 Å². The number of rotatable bonds is 8. The summed E-state index contributed by atoms with van der Waals surface area (Å²) in [5.41, 5.74) is 1.82. The molecule has 3 aromatic rings. The van der Waals surface area contributed by atoms with Gasteiger partial charge in [-0.25, -0.2) is 21.8 Å². The van der Waals surface area contributed by atoms with Gasteiger partial charge in [0.1, 0.15) is 5.00 Å². The third-order valence-electron chi connectivity index (χ3n) is 4.32. The molecule has 1 aromatic heterocycles. The highest BCUT2D eigenvalue weighted by Gasteiger charge is 2.31. The fraction of sp³-hybridized carbons (Fsp3) is 0.250. The first-order chi connectivity index (χ1) is 14.2. The summed E-state index contributed by atoms with van der Waals surface area (Å²) in [4.78, 5) is 4.18. The molecule has 0 saturated heterocycles. The molecule has 1 N–H and O–H groups in total. The molecule has 0 fully saturated rings. The molecule has 0 atom stereocenters. The summed E-state index contributed by atoms with van der Waals surface area (Å²) in [7, 11) is -6.47. The lowest BCUT2D eigenvalue weighted by atomic mass is 10.2. The molecule has 0 radical (unpaired) electrons. The van der Waals surface area contributed by atoms with Crippen molar-refractivity contribution in [3.63, 3.8) is 0 Å². The molecular weight excluding hydrogens is 444 g/mol. The minimum Gasteiger partial charge on any atom is -0.383 e. The predicted molar refractivity (Wildman–Crippen MR) is 116 cm³/mol. The summed E-state index contributed by atoms with van der Waals surface area (Å²) >= 11 is 0.796. The topological polar surface area (TPSA) is 102 Å². The first-order valence-corrected chi connectivity index (χ1v) is 12.8. The fourth-order valence-electron chi connectivity index (χ4n) is 2.61. The van der Waals surface area contributed by atoms with Crippen LogP contribution in [0, 0.1) is 13.8 Å². The minimum absolute atomic E-state index is 0.0486. The monoisotopic (exact) mass is 466 g/mol. The number of thiazole rings is 1. The highest BCUT2D eigenvalue weighted by Crippen LogP contribution is 2.36. The van der Waals surface area contributed by atoms with Crippen LogP contribution in [0.1, 0.15) is 11.1 Å². The number of anilines is 1. The second kappa shape index (κ2) is 8.84. The number of hydrogen-bond donors (Lipinski definition) is 1. The number of aryl methyl sites for hydroxylation is 2. The van der Waals surface area contributed by atoms with E-state index in [9.17, 15) is 16.8 Å². The first-order valence-electron chi connectivity index (χ1n) is 9.03. The van der Waals surface area contributed by atoms with Crippen molar-refractivity contribution in [2.75, 3.05) is 25.6 Å². The molecule has 1 heterocycles. The van der Waals surface area contributed by atoms with Gasteiger partial charge in [-0.2, -0.15) is 0 Å². The van der Waals surface area contributed by atoms with Crippen LogP contribution in [0.3, 0.4) is 0 Å². The Morgan fingerprint density at radius 3 is 1.87 bits per heavy atom. The summed E-state index contributed by atoms with van der Waals surface area (Å²) in [6.45, 7) is 4.33. The zero-order valence-corrected chi connectivity index (χ0v) is 19.2. The van der Waals surface area contributed by atoms with E-state index in [1.54, 1.807) is 24.3 Å². The van der Waals surface area contributed by atoms with Crippen molar-refractivity contribution in [2.45, 2.75) is 33.0 Å². The number of methoxy groups -OCH3 is 1. The van der Waals surface area contributed by atoms with E-state index in [-0.39, 0.29) is 24.2 Å². The van der Waals surface area contributed by atoms with Crippen molar-refractivity contribution >= 4 is 36.0 Å². The molecule has 3 rings (SSSR count). The number of sulfone groups is 2. The molecule has 2 aromatic carbocycles. The third kappa shape index (κ3) is 4.56. The summed E-state index contributed by atoms with van der Waals surface area (Å²) < 4.78 is 57.2. The molecule has 0 amide bonds. The Bertz CT molecular complexity index is 1230. The number of nitrogens with zero attached hydrogens (tertiary/aromatic N) is 1. The fourth-order valence-corrected chi connectivity index (χ4v) is 6.93. The molecule has 0 unspecified atom stereocenters. The smallest absolute Gasteiger partial charge is 0.233 e. The third-order valence-corrected chi connectivity index (χ3v) is 9.30.